The molecule has 0 saturated heterocycles. The van der Waals surface area contributed by atoms with Crippen LogP contribution in [-0.4, -0.2) is 6.29 Å². The monoisotopic (exact) mass is 226 g/mol. The Morgan fingerprint density at radius 3 is 2.92 bits per heavy atom. The summed E-state index contributed by atoms with van der Waals surface area (Å²) in [6.45, 7) is 2.05. The molecular formula is C10H11BrO. The summed E-state index contributed by atoms with van der Waals surface area (Å²) in [5.74, 6) is 0. The van der Waals surface area contributed by atoms with E-state index in [4.69, 9.17) is 0 Å². The van der Waals surface area contributed by atoms with Gasteiger partial charge in [-0.05, 0) is 25.0 Å². The molecule has 0 bridgehead atoms. The van der Waals surface area contributed by atoms with Crippen LogP contribution in [0.15, 0.2) is 22.7 Å². The fourth-order valence-corrected chi connectivity index (χ4v) is 1.55. The van der Waals surface area contributed by atoms with Gasteiger partial charge in [-0.15, -0.1) is 0 Å². The second-order valence-electron chi connectivity index (χ2n) is 2.80. The number of hydrogen-bond acceptors (Lipinski definition) is 1. The average Bonchev–Trinajstić information content (AvgIpc) is 2.07. The van der Waals surface area contributed by atoms with Crippen LogP contribution in [0.5, 0.6) is 0 Å². The van der Waals surface area contributed by atoms with Gasteiger partial charge in [0.2, 0.25) is 0 Å². The largest absolute Gasteiger partial charge is 0.303 e. The second-order valence-corrected chi connectivity index (χ2v) is 3.65. The van der Waals surface area contributed by atoms with Crippen LogP contribution in [0.1, 0.15) is 17.5 Å². The summed E-state index contributed by atoms with van der Waals surface area (Å²) in [5, 5.41) is 0. The molecule has 0 radical (unpaired) electrons. The van der Waals surface area contributed by atoms with Crippen molar-refractivity contribution in [2.24, 2.45) is 0 Å². The Labute approximate surface area is 80.9 Å². The van der Waals surface area contributed by atoms with Gasteiger partial charge in [0, 0.05) is 10.9 Å². The molecule has 0 N–H and O–H groups in total. The topological polar surface area (TPSA) is 17.1 Å². The lowest BCUT2D eigenvalue weighted by Crippen LogP contribution is -1.88. The Morgan fingerprint density at radius 2 is 2.25 bits per heavy atom. The molecule has 0 heterocycles. The molecule has 1 nitrogen and oxygen atoms in total. The molecule has 0 spiro atoms. The van der Waals surface area contributed by atoms with Crippen LogP contribution in [0.25, 0.3) is 0 Å². The lowest BCUT2D eigenvalue weighted by molar-refractivity contribution is -0.107. The first-order valence-corrected chi connectivity index (χ1v) is 4.72. The van der Waals surface area contributed by atoms with E-state index in [-0.39, 0.29) is 0 Å². The van der Waals surface area contributed by atoms with Gasteiger partial charge in [-0.3, -0.25) is 0 Å². The maximum absolute atomic E-state index is 10.2. The molecule has 0 atom stereocenters. The third-order valence-corrected chi connectivity index (χ3v) is 2.51. The molecule has 0 aliphatic carbocycles. The molecule has 1 aromatic rings. The average molecular weight is 227 g/mol. The fraction of sp³-hybridized carbons (Fsp3) is 0.300. The molecule has 64 valence electrons. The zero-order valence-electron chi connectivity index (χ0n) is 7.01. The maximum Gasteiger partial charge on any atom is 0.120 e. The Morgan fingerprint density at radius 1 is 1.50 bits per heavy atom. The van der Waals surface area contributed by atoms with Crippen molar-refractivity contribution >= 4 is 22.2 Å². The Bertz CT molecular complexity index is 281. The van der Waals surface area contributed by atoms with E-state index in [2.05, 4.69) is 35.0 Å². The highest BCUT2D eigenvalue weighted by atomic mass is 79.9. The summed E-state index contributed by atoms with van der Waals surface area (Å²) in [4.78, 5) is 10.2. The molecule has 1 aromatic carbocycles. The standard InChI is InChI=1S/C10H11BrO/c1-8-4-5-10(11)9(7-8)3-2-6-12/h4-7H,2-3H2,1H3. The summed E-state index contributed by atoms with van der Waals surface area (Å²) in [7, 11) is 0. The summed E-state index contributed by atoms with van der Waals surface area (Å²) in [6, 6.07) is 6.18. The van der Waals surface area contributed by atoms with Gasteiger partial charge >= 0.3 is 0 Å². The molecule has 0 aliphatic heterocycles. The number of halogens is 1. The molecule has 0 unspecified atom stereocenters. The maximum atomic E-state index is 10.2. The van der Waals surface area contributed by atoms with Crippen molar-refractivity contribution in [3.05, 3.63) is 33.8 Å². The van der Waals surface area contributed by atoms with Crippen LogP contribution in [0, 0.1) is 6.92 Å². The first-order valence-electron chi connectivity index (χ1n) is 3.92. The number of benzene rings is 1. The fourth-order valence-electron chi connectivity index (χ4n) is 1.11. The van der Waals surface area contributed by atoms with E-state index < -0.39 is 0 Å². The van der Waals surface area contributed by atoms with Crippen molar-refractivity contribution in [2.45, 2.75) is 19.8 Å². The quantitative estimate of drug-likeness (QED) is 0.725. The van der Waals surface area contributed by atoms with Gasteiger partial charge in [-0.2, -0.15) is 0 Å². The van der Waals surface area contributed by atoms with Crippen LogP contribution >= 0.6 is 15.9 Å². The van der Waals surface area contributed by atoms with Crippen molar-refractivity contribution in [3.8, 4) is 0 Å². The summed E-state index contributed by atoms with van der Waals surface area (Å²) >= 11 is 3.44. The zero-order valence-corrected chi connectivity index (χ0v) is 8.60. The minimum atomic E-state index is 0.599. The normalized spacial score (nSPS) is 9.83. The van der Waals surface area contributed by atoms with E-state index in [0.29, 0.717) is 6.42 Å². The molecule has 0 amide bonds. The van der Waals surface area contributed by atoms with E-state index in [9.17, 15) is 4.79 Å². The molecular weight excluding hydrogens is 216 g/mol. The molecule has 0 saturated carbocycles. The molecule has 0 aromatic heterocycles. The number of carbonyl (C=O) groups excluding carboxylic acids is 1. The van der Waals surface area contributed by atoms with Crippen molar-refractivity contribution in [2.75, 3.05) is 0 Å². The first-order chi connectivity index (χ1) is 5.74. The van der Waals surface area contributed by atoms with Crippen molar-refractivity contribution in [1.29, 1.82) is 0 Å². The highest BCUT2D eigenvalue weighted by Crippen LogP contribution is 2.18. The van der Waals surface area contributed by atoms with Crippen LogP contribution in [0.3, 0.4) is 0 Å². The number of rotatable bonds is 3. The van der Waals surface area contributed by atoms with Crippen molar-refractivity contribution in [1.82, 2.24) is 0 Å². The van der Waals surface area contributed by atoms with Crippen molar-refractivity contribution < 1.29 is 4.79 Å². The molecule has 0 fully saturated rings. The lowest BCUT2D eigenvalue weighted by Gasteiger charge is -2.02. The van der Waals surface area contributed by atoms with Gasteiger partial charge in [0.1, 0.15) is 6.29 Å². The number of aldehydes is 1. The van der Waals surface area contributed by atoms with Crippen LogP contribution in [0.2, 0.25) is 0 Å². The molecule has 12 heavy (non-hydrogen) atoms. The Balaban J connectivity index is 2.82. The van der Waals surface area contributed by atoms with Crippen LogP contribution in [0.4, 0.5) is 0 Å². The SMILES string of the molecule is Cc1ccc(Br)c(CCC=O)c1. The van der Waals surface area contributed by atoms with Gasteiger partial charge in [0.15, 0.2) is 0 Å². The predicted octanol–water partition coefficient (Wildman–Crippen LogP) is 2.89. The van der Waals surface area contributed by atoms with E-state index >= 15 is 0 Å². The smallest absolute Gasteiger partial charge is 0.120 e. The van der Waals surface area contributed by atoms with E-state index in [0.717, 1.165) is 17.2 Å². The van der Waals surface area contributed by atoms with Crippen LogP contribution in [-0.2, 0) is 11.2 Å². The summed E-state index contributed by atoms with van der Waals surface area (Å²) < 4.78 is 1.09. The second kappa shape index (κ2) is 4.41. The van der Waals surface area contributed by atoms with Gasteiger partial charge < -0.3 is 4.79 Å². The first kappa shape index (κ1) is 9.46. The van der Waals surface area contributed by atoms with E-state index in [1.165, 1.54) is 11.1 Å². The third kappa shape index (κ3) is 2.45. The predicted molar refractivity (Wildman–Crippen MR) is 53.3 cm³/mol. The van der Waals surface area contributed by atoms with Crippen LogP contribution < -0.4 is 0 Å². The van der Waals surface area contributed by atoms with E-state index in [1.807, 2.05) is 6.07 Å². The highest BCUT2D eigenvalue weighted by Gasteiger charge is 1.98. The highest BCUT2D eigenvalue weighted by molar-refractivity contribution is 9.10. The number of aryl methyl sites for hydroxylation is 2. The van der Waals surface area contributed by atoms with Gasteiger partial charge in [0.05, 0.1) is 0 Å². The summed E-state index contributed by atoms with van der Waals surface area (Å²) in [5.41, 5.74) is 2.45. The lowest BCUT2D eigenvalue weighted by atomic mass is 10.1. The molecule has 0 aliphatic rings. The van der Waals surface area contributed by atoms with Gasteiger partial charge in [-0.1, -0.05) is 33.6 Å². The van der Waals surface area contributed by atoms with Gasteiger partial charge in [0.25, 0.3) is 0 Å². The minimum Gasteiger partial charge on any atom is -0.303 e. The zero-order chi connectivity index (χ0) is 8.97. The van der Waals surface area contributed by atoms with Gasteiger partial charge in [-0.25, -0.2) is 0 Å². The Hall–Kier alpha value is -0.630. The minimum absolute atomic E-state index is 0.599. The molecule has 1 rings (SSSR count). The molecule has 2 heteroatoms. The third-order valence-electron chi connectivity index (χ3n) is 1.73. The number of carbonyl (C=O) groups is 1. The van der Waals surface area contributed by atoms with Crippen molar-refractivity contribution in [3.63, 3.8) is 0 Å². The number of hydrogen-bond donors (Lipinski definition) is 0. The van der Waals surface area contributed by atoms with E-state index in [1.54, 1.807) is 0 Å². The summed E-state index contributed by atoms with van der Waals surface area (Å²) in [6.07, 6.45) is 2.38. The Kier molecular flexibility index (Phi) is 3.48.